The number of rotatable bonds is 3. The predicted octanol–water partition coefficient (Wildman–Crippen LogP) is 4.01. The van der Waals surface area contributed by atoms with Crippen LogP contribution in [0.15, 0.2) is 32.3 Å². The van der Waals surface area contributed by atoms with Gasteiger partial charge in [0.15, 0.2) is 5.57 Å². The summed E-state index contributed by atoms with van der Waals surface area (Å²) in [6.07, 6.45) is 0.875. The van der Waals surface area contributed by atoms with Crippen LogP contribution in [0.1, 0.15) is 12.5 Å². The molecule has 0 bridgehead atoms. The van der Waals surface area contributed by atoms with Crippen molar-refractivity contribution in [3.63, 3.8) is 0 Å². The van der Waals surface area contributed by atoms with E-state index in [2.05, 4.69) is 37.2 Å². The summed E-state index contributed by atoms with van der Waals surface area (Å²) in [5.74, 6) is 0. The molecular formula is C13H8Br2N4. The number of allylic oxidation sites excluding steroid dienone is 2. The van der Waals surface area contributed by atoms with Crippen LogP contribution < -0.4 is 5.32 Å². The highest BCUT2D eigenvalue weighted by atomic mass is 79.9. The number of nitrogens with one attached hydrogen (secondary N) is 1. The van der Waals surface area contributed by atoms with Gasteiger partial charge in [0.25, 0.3) is 0 Å². The van der Waals surface area contributed by atoms with Gasteiger partial charge in [-0.2, -0.15) is 15.8 Å². The van der Waals surface area contributed by atoms with Crippen molar-refractivity contribution in [2.75, 3.05) is 5.32 Å². The third-order valence-electron chi connectivity index (χ3n) is 2.35. The number of hydrogen-bond donors (Lipinski definition) is 1. The fourth-order valence-corrected chi connectivity index (χ4v) is 2.84. The summed E-state index contributed by atoms with van der Waals surface area (Å²) in [4.78, 5) is 0. The van der Waals surface area contributed by atoms with E-state index in [1.807, 2.05) is 25.1 Å². The smallest absolute Gasteiger partial charge is 0.163 e. The van der Waals surface area contributed by atoms with Crippen molar-refractivity contribution in [1.82, 2.24) is 0 Å². The second kappa shape index (κ2) is 6.95. The average Bonchev–Trinajstić information content (AvgIpc) is 2.41. The Morgan fingerprint density at radius 3 is 2.00 bits per heavy atom. The molecule has 0 amide bonds. The number of halogens is 2. The molecule has 1 aromatic rings. The fourth-order valence-electron chi connectivity index (χ4n) is 1.36. The second-order valence-corrected chi connectivity index (χ2v) is 5.21. The Hall–Kier alpha value is -1.81. The first-order valence-corrected chi connectivity index (χ1v) is 6.85. The summed E-state index contributed by atoms with van der Waals surface area (Å²) in [6.45, 7) is 2.03. The Morgan fingerprint density at radius 2 is 1.63 bits per heavy atom. The molecular weight excluding hydrogens is 372 g/mol. The van der Waals surface area contributed by atoms with Crippen molar-refractivity contribution >= 4 is 37.5 Å². The number of benzene rings is 1. The van der Waals surface area contributed by atoms with E-state index in [4.69, 9.17) is 15.8 Å². The van der Waals surface area contributed by atoms with E-state index in [0.29, 0.717) is 5.69 Å². The van der Waals surface area contributed by atoms with Gasteiger partial charge < -0.3 is 5.32 Å². The maximum absolute atomic E-state index is 9.00. The minimum absolute atomic E-state index is 0.0735. The molecule has 0 spiro atoms. The lowest BCUT2D eigenvalue weighted by molar-refractivity contribution is 1.13. The third-order valence-corrected chi connectivity index (χ3v) is 3.60. The number of nitriles is 3. The first-order valence-electron chi connectivity index (χ1n) is 5.26. The van der Waals surface area contributed by atoms with Crippen LogP contribution in [-0.2, 0) is 6.42 Å². The molecule has 1 N–H and O–H groups in total. The highest BCUT2D eigenvalue weighted by Crippen LogP contribution is 2.33. The summed E-state index contributed by atoms with van der Waals surface area (Å²) in [6, 6.07) is 9.03. The largest absolute Gasteiger partial charge is 0.343 e. The van der Waals surface area contributed by atoms with Crippen LogP contribution in [0.5, 0.6) is 0 Å². The number of anilines is 1. The SMILES string of the molecule is CCc1cc(Br)c(NC(C#N)=C(C#N)C#N)c(Br)c1. The molecule has 19 heavy (non-hydrogen) atoms. The highest BCUT2D eigenvalue weighted by Gasteiger charge is 2.12. The predicted molar refractivity (Wildman–Crippen MR) is 78.7 cm³/mol. The average molecular weight is 380 g/mol. The Labute approximate surface area is 128 Å². The molecule has 0 aromatic heterocycles. The lowest BCUT2D eigenvalue weighted by Crippen LogP contribution is -2.02. The highest BCUT2D eigenvalue weighted by molar-refractivity contribution is 9.11. The molecule has 4 nitrogen and oxygen atoms in total. The molecule has 0 aliphatic rings. The van der Waals surface area contributed by atoms with E-state index in [1.165, 1.54) is 0 Å². The lowest BCUT2D eigenvalue weighted by atomic mass is 10.1. The molecule has 1 aromatic carbocycles. The number of nitrogens with zero attached hydrogens (tertiary/aromatic N) is 3. The van der Waals surface area contributed by atoms with E-state index in [9.17, 15) is 0 Å². The van der Waals surface area contributed by atoms with Crippen LogP contribution in [-0.4, -0.2) is 0 Å². The van der Waals surface area contributed by atoms with Gasteiger partial charge in [-0.15, -0.1) is 0 Å². The molecule has 6 heteroatoms. The quantitative estimate of drug-likeness (QED) is 0.804. The van der Waals surface area contributed by atoms with E-state index in [1.54, 1.807) is 12.1 Å². The number of hydrogen-bond acceptors (Lipinski definition) is 4. The van der Waals surface area contributed by atoms with Crippen LogP contribution in [0.3, 0.4) is 0 Å². The molecule has 0 saturated carbocycles. The fraction of sp³-hybridized carbons (Fsp3) is 0.154. The van der Waals surface area contributed by atoms with Crippen LogP contribution in [0, 0.1) is 34.0 Å². The molecule has 94 valence electrons. The van der Waals surface area contributed by atoms with E-state index in [0.717, 1.165) is 20.9 Å². The zero-order chi connectivity index (χ0) is 14.4. The summed E-state index contributed by atoms with van der Waals surface area (Å²) in [5.41, 5.74) is 1.40. The van der Waals surface area contributed by atoms with Crippen LogP contribution in [0.2, 0.25) is 0 Å². The normalized spacial score (nSPS) is 8.84. The van der Waals surface area contributed by atoms with Gasteiger partial charge in [0, 0.05) is 8.95 Å². The van der Waals surface area contributed by atoms with Crippen molar-refractivity contribution in [1.29, 1.82) is 15.8 Å². The molecule has 0 fully saturated rings. The first kappa shape index (κ1) is 15.2. The monoisotopic (exact) mass is 378 g/mol. The molecule has 0 radical (unpaired) electrons. The Kier molecular flexibility index (Phi) is 5.57. The van der Waals surface area contributed by atoms with Crippen LogP contribution >= 0.6 is 31.9 Å². The third kappa shape index (κ3) is 3.58. The van der Waals surface area contributed by atoms with Gasteiger partial charge in [-0.1, -0.05) is 6.92 Å². The summed E-state index contributed by atoms with van der Waals surface area (Å²) in [5, 5.41) is 29.4. The van der Waals surface area contributed by atoms with Gasteiger partial charge in [0.1, 0.15) is 23.9 Å². The van der Waals surface area contributed by atoms with Crippen LogP contribution in [0.25, 0.3) is 0 Å². The second-order valence-electron chi connectivity index (χ2n) is 3.50. The Morgan fingerprint density at radius 1 is 1.11 bits per heavy atom. The topological polar surface area (TPSA) is 83.4 Å². The van der Waals surface area contributed by atoms with Crippen molar-refractivity contribution in [2.24, 2.45) is 0 Å². The van der Waals surface area contributed by atoms with Gasteiger partial charge in [0.2, 0.25) is 0 Å². The summed E-state index contributed by atoms with van der Waals surface area (Å²) in [7, 11) is 0. The standard InChI is InChI=1S/C13H8Br2N4/c1-2-8-3-10(14)13(11(15)4-8)19-12(7-18)9(5-16)6-17/h3-4,19H,2H2,1H3. The van der Waals surface area contributed by atoms with Crippen molar-refractivity contribution < 1.29 is 0 Å². The Balaban J connectivity index is 3.29. The van der Waals surface area contributed by atoms with Gasteiger partial charge in [-0.3, -0.25) is 0 Å². The molecule has 0 aliphatic heterocycles. The molecule has 0 aliphatic carbocycles. The maximum Gasteiger partial charge on any atom is 0.163 e. The van der Waals surface area contributed by atoms with Gasteiger partial charge in [0.05, 0.1) is 5.69 Å². The van der Waals surface area contributed by atoms with Gasteiger partial charge in [-0.05, 0) is 56.0 Å². The van der Waals surface area contributed by atoms with E-state index < -0.39 is 0 Å². The summed E-state index contributed by atoms with van der Waals surface area (Å²) >= 11 is 6.80. The van der Waals surface area contributed by atoms with Gasteiger partial charge >= 0.3 is 0 Å². The number of aryl methyl sites for hydroxylation is 1. The van der Waals surface area contributed by atoms with E-state index >= 15 is 0 Å². The minimum Gasteiger partial charge on any atom is -0.343 e. The Bertz CT molecular complexity index is 618. The first-order chi connectivity index (χ1) is 9.07. The van der Waals surface area contributed by atoms with E-state index in [-0.39, 0.29) is 11.3 Å². The molecule has 0 saturated heterocycles. The van der Waals surface area contributed by atoms with Crippen molar-refractivity contribution in [3.8, 4) is 18.2 Å². The van der Waals surface area contributed by atoms with Crippen molar-refractivity contribution in [2.45, 2.75) is 13.3 Å². The molecule has 0 heterocycles. The van der Waals surface area contributed by atoms with Crippen LogP contribution in [0.4, 0.5) is 5.69 Å². The minimum atomic E-state index is -0.249. The van der Waals surface area contributed by atoms with Crippen molar-refractivity contribution in [3.05, 3.63) is 37.9 Å². The zero-order valence-corrected chi connectivity index (χ0v) is 13.1. The lowest BCUT2D eigenvalue weighted by Gasteiger charge is -2.11. The summed E-state index contributed by atoms with van der Waals surface area (Å²) < 4.78 is 1.50. The molecule has 0 atom stereocenters. The molecule has 1 rings (SSSR count). The maximum atomic E-state index is 9.00. The zero-order valence-electron chi connectivity index (χ0n) is 9.96. The molecule has 0 unspecified atom stereocenters. The van der Waals surface area contributed by atoms with Gasteiger partial charge in [-0.25, -0.2) is 0 Å².